The monoisotopic (exact) mass is 234 g/mol. The molecule has 1 rings (SSSR count). The number of carbonyl (C=O) groups excluding carboxylic acids is 2. The summed E-state index contributed by atoms with van der Waals surface area (Å²) < 4.78 is 9.25. The number of amides is 1. The number of hydrogen-bond donors (Lipinski definition) is 1. The number of benzene rings is 1. The molecule has 0 aliphatic rings. The molecule has 1 aromatic carbocycles. The molecule has 0 bridgehead atoms. The summed E-state index contributed by atoms with van der Waals surface area (Å²) in [4.78, 5) is 22.0. The Morgan fingerprint density at radius 3 is 2.53 bits per heavy atom. The lowest BCUT2D eigenvalue weighted by Gasteiger charge is -2.05. The summed E-state index contributed by atoms with van der Waals surface area (Å²) >= 11 is 0. The van der Waals surface area contributed by atoms with Gasteiger partial charge in [-0.3, -0.25) is 10.1 Å². The highest BCUT2D eigenvalue weighted by Gasteiger charge is 2.09. The van der Waals surface area contributed by atoms with Gasteiger partial charge in [-0.1, -0.05) is 0 Å². The lowest BCUT2D eigenvalue weighted by molar-refractivity contribution is -0.135. The van der Waals surface area contributed by atoms with Crippen molar-refractivity contribution in [1.29, 1.82) is 5.26 Å². The van der Waals surface area contributed by atoms with Crippen LogP contribution in [0.4, 0.5) is 10.5 Å². The Hall–Kier alpha value is -2.55. The molecule has 0 fully saturated rings. The number of hydrogen-bond acceptors (Lipinski definition) is 5. The second-order valence-electron chi connectivity index (χ2n) is 2.95. The van der Waals surface area contributed by atoms with E-state index >= 15 is 0 Å². The van der Waals surface area contributed by atoms with Crippen LogP contribution >= 0.6 is 0 Å². The molecule has 1 aromatic rings. The van der Waals surface area contributed by atoms with Crippen LogP contribution in [0.3, 0.4) is 0 Å². The molecule has 0 aliphatic carbocycles. The van der Waals surface area contributed by atoms with Crippen LogP contribution in [0.15, 0.2) is 24.3 Å². The zero-order valence-corrected chi connectivity index (χ0v) is 9.10. The van der Waals surface area contributed by atoms with E-state index in [-0.39, 0.29) is 0 Å². The average molecular weight is 234 g/mol. The Morgan fingerprint density at radius 1 is 1.35 bits per heavy atom. The third-order valence-corrected chi connectivity index (χ3v) is 1.77. The first kappa shape index (κ1) is 12.5. The van der Waals surface area contributed by atoms with E-state index in [4.69, 9.17) is 10.00 Å². The van der Waals surface area contributed by atoms with E-state index in [1.165, 1.54) is 7.11 Å². The highest BCUT2D eigenvalue weighted by molar-refractivity contribution is 5.93. The topological polar surface area (TPSA) is 88.4 Å². The molecule has 0 atom stereocenters. The molecular formula is C11H10N2O4. The van der Waals surface area contributed by atoms with E-state index in [1.807, 2.05) is 0 Å². The normalized spacial score (nSPS) is 8.94. The van der Waals surface area contributed by atoms with Gasteiger partial charge in [-0.25, -0.2) is 4.79 Å². The predicted molar refractivity (Wildman–Crippen MR) is 58.3 cm³/mol. The fraction of sp³-hybridized carbons (Fsp3) is 0.182. The molecule has 6 heteroatoms. The third-order valence-electron chi connectivity index (χ3n) is 1.77. The van der Waals surface area contributed by atoms with Gasteiger partial charge in [0.15, 0.2) is 0 Å². The minimum absolute atomic E-state index is 0.459. The molecule has 6 nitrogen and oxygen atoms in total. The second-order valence-corrected chi connectivity index (χ2v) is 2.95. The fourth-order valence-corrected chi connectivity index (χ4v) is 1.02. The molecule has 0 unspecified atom stereocenters. The number of esters is 1. The summed E-state index contributed by atoms with van der Waals surface area (Å²) in [6, 6.07) is 8.06. The van der Waals surface area contributed by atoms with Crippen LogP contribution in [0.5, 0.6) is 5.75 Å². The first-order valence-electron chi connectivity index (χ1n) is 4.68. The molecule has 0 spiro atoms. The van der Waals surface area contributed by atoms with Crippen molar-refractivity contribution < 1.29 is 19.1 Å². The predicted octanol–water partition coefficient (Wildman–Crippen LogP) is 1.68. The van der Waals surface area contributed by atoms with E-state index < -0.39 is 18.5 Å². The zero-order valence-electron chi connectivity index (χ0n) is 9.10. The Morgan fingerprint density at radius 2 is 2.00 bits per heavy atom. The van der Waals surface area contributed by atoms with Crippen LogP contribution < -0.4 is 10.1 Å². The van der Waals surface area contributed by atoms with Gasteiger partial charge in [0.1, 0.15) is 12.2 Å². The minimum Gasteiger partial charge on any atom is -0.497 e. The van der Waals surface area contributed by atoms with Gasteiger partial charge in [-0.05, 0) is 24.3 Å². The van der Waals surface area contributed by atoms with Gasteiger partial charge in [-0.15, -0.1) is 0 Å². The number of carbonyl (C=O) groups is 2. The smallest absolute Gasteiger partial charge is 0.419 e. The molecule has 0 saturated heterocycles. The first-order chi connectivity index (χ1) is 8.15. The molecule has 0 aliphatic heterocycles. The Balaban J connectivity index is 2.50. The van der Waals surface area contributed by atoms with Crippen molar-refractivity contribution in [3.05, 3.63) is 24.3 Å². The molecule has 0 heterocycles. The molecular weight excluding hydrogens is 224 g/mol. The van der Waals surface area contributed by atoms with Crippen LogP contribution in [0, 0.1) is 11.3 Å². The summed E-state index contributed by atoms with van der Waals surface area (Å²) in [5.74, 6) is -0.247. The lowest BCUT2D eigenvalue weighted by atomic mass is 10.3. The molecule has 0 aromatic heterocycles. The van der Waals surface area contributed by atoms with Crippen LogP contribution in [-0.4, -0.2) is 19.2 Å². The van der Waals surface area contributed by atoms with Gasteiger partial charge in [0.2, 0.25) is 0 Å². The highest BCUT2D eigenvalue weighted by atomic mass is 16.6. The van der Waals surface area contributed by atoms with Gasteiger partial charge in [0.25, 0.3) is 0 Å². The molecule has 1 amide bonds. The summed E-state index contributed by atoms with van der Waals surface area (Å²) in [7, 11) is 1.53. The van der Waals surface area contributed by atoms with Gasteiger partial charge in [0, 0.05) is 5.69 Å². The van der Waals surface area contributed by atoms with E-state index in [0.29, 0.717) is 11.4 Å². The zero-order chi connectivity index (χ0) is 12.7. The van der Waals surface area contributed by atoms with Crippen LogP contribution in [0.1, 0.15) is 6.42 Å². The number of methoxy groups -OCH3 is 1. The Kier molecular flexibility index (Phi) is 4.51. The maximum absolute atomic E-state index is 11.2. The molecule has 1 N–H and O–H groups in total. The van der Waals surface area contributed by atoms with Crippen molar-refractivity contribution >= 4 is 17.7 Å². The molecule has 88 valence electrons. The van der Waals surface area contributed by atoms with Crippen LogP contribution in [-0.2, 0) is 9.53 Å². The largest absolute Gasteiger partial charge is 0.497 e. The van der Waals surface area contributed by atoms with Crippen LogP contribution in [0.2, 0.25) is 0 Å². The number of anilines is 1. The maximum Gasteiger partial charge on any atom is 0.419 e. The number of nitrogens with zero attached hydrogens (tertiary/aromatic N) is 1. The first-order valence-corrected chi connectivity index (χ1v) is 4.68. The SMILES string of the molecule is COc1ccc(NC(=O)OC(=O)CC#N)cc1. The standard InChI is InChI=1S/C11H10N2O4/c1-16-9-4-2-8(3-5-9)13-11(15)17-10(14)6-7-12/h2-5H,6H2,1H3,(H,13,15). The second kappa shape index (κ2) is 6.12. The van der Waals surface area contributed by atoms with Crippen molar-refractivity contribution in [2.45, 2.75) is 6.42 Å². The van der Waals surface area contributed by atoms with E-state index in [2.05, 4.69) is 10.1 Å². The minimum atomic E-state index is -0.921. The lowest BCUT2D eigenvalue weighted by Crippen LogP contribution is -2.17. The number of ether oxygens (including phenoxy) is 2. The summed E-state index contributed by atoms with van der Waals surface area (Å²) in [5, 5.41) is 10.5. The third kappa shape index (κ3) is 4.22. The van der Waals surface area contributed by atoms with Crippen LogP contribution in [0.25, 0.3) is 0 Å². The maximum atomic E-state index is 11.2. The number of rotatable bonds is 3. The van der Waals surface area contributed by atoms with Crippen molar-refractivity contribution in [2.24, 2.45) is 0 Å². The van der Waals surface area contributed by atoms with Crippen molar-refractivity contribution in [3.63, 3.8) is 0 Å². The van der Waals surface area contributed by atoms with Gasteiger partial charge < -0.3 is 9.47 Å². The van der Waals surface area contributed by atoms with Crippen molar-refractivity contribution in [2.75, 3.05) is 12.4 Å². The Bertz CT molecular complexity index is 448. The van der Waals surface area contributed by atoms with E-state index in [9.17, 15) is 9.59 Å². The highest BCUT2D eigenvalue weighted by Crippen LogP contribution is 2.15. The van der Waals surface area contributed by atoms with Gasteiger partial charge >= 0.3 is 12.1 Å². The molecule has 17 heavy (non-hydrogen) atoms. The average Bonchev–Trinajstić information content (AvgIpc) is 2.30. The molecule has 0 saturated carbocycles. The van der Waals surface area contributed by atoms with Crippen molar-refractivity contribution in [3.8, 4) is 11.8 Å². The summed E-state index contributed by atoms with van der Waals surface area (Å²) in [6.45, 7) is 0. The fourth-order valence-electron chi connectivity index (χ4n) is 1.02. The number of nitriles is 1. The number of nitrogens with one attached hydrogen (secondary N) is 1. The van der Waals surface area contributed by atoms with Crippen molar-refractivity contribution in [1.82, 2.24) is 0 Å². The summed E-state index contributed by atoms with van der Waals surface area (Å²) in [5.41, 5.74) is 0.459. The summed E-state index contributed by atoms with van der Waals surface area (Å²) in [6.07, 6.45) is -1.38. The van der Waals surface area contributed by atoms with E-state index in [0.717, 1.165) is 0 Å². The van der Waals surface area contributed by atoms with Gasteiger partial charge in [-0.2, -0.15) is 5.26 Å². The molecule has 0 radical (unpaired) electrons. The quantitative estimate of drug-likeness (QED) is 0.635. The van der Waals surface area contributed by atoms with E-state index in [1.54, 1.807) is 30.3 Å². The Labute approximate surface area is 97.7 Å². The van der Waals surface area contributed by atoms with Gasteiger partial charge in [0.05, 0.1) is 13.2 Å².